The van der Waals surface area contributed by atoms with Gasteiger partial charge in [0, 0.05) is 13.1 Å². The van der Waals surface area contributed by atoms with Gasteiger partial charge in [0.1, 0.15) is 0 Å². The van der Waals surface area contributed by atoms with Gasteiger partial charge in [-0.05, 0) is 24.1 Å². The maximum absolute atomic E-state index is 11.5. The normalized spacial score (nSPS) is 9.90. The molecule has 1 aromatic rings. The van der Waals surface area contributed by atoms with Gasteiger partial charge in [-0.2, -0.15) is 0 Å². The van der Waals surface area contributed by atoms with Gasteiger partial charge in [0.25, 0.3) is 0 Å². The fourth-order valence-electron chi connectivity index (χ4n) is 1.75. The van der Waals surface area contributed by atoms with Crippen LogP contribution < -0.4 is 10.6 Å². The lowest BCUT2D eigenvalue weighted by Crippen LogP contribution is -2.35. The van der Waals surface area contributed by atoms with E-state index in [0.29, 0.717) is 18.7 Å². The summed E-state index contributed by atoms with van der Waals surface area (Å²) in [6.45, 7) is 3.18. The van der Waals surface area contributed by atoms with Gasteiger partial charge >= 0.3 is 12.0 Å². The third kappa shape index (κ3) is 5.73. The summed E-state index contributed by atoms with van der Waals surface area (Å²) < 4.78 is 4.65. The van der Waals surface area contributed by atoms with Gasteiger partial charge in [-0.25, -0.2) is 9.59 Å². The number of hydrogen-bond donors (Lipinski definition) is 2. The van der Waals surface area contributed by atoms with E-state index >= 15 is 0 Å². The molecular formula is C15H22N2O3. The lowest BCUT2D eigenvalue weighted by molar-refractivity contribution is 0.0600. The minimum Gasteiger partial charge on any atom is -0.465 e. The predicted molar refractivity (Wildman–Crippen MR) is 77.5 cm³/mol. The van der Waals surface area contributed by atoms with Crippen molar-refractivity contribution < 1.29 is 14.3 Å². The van der Waals surface area contributed by atoms with Crippen molar-refractivity contribution in [1.29, 1.82) is 0 Å². The van der Waals surface area contributed by atoms with Crippen LogP contribution in [0.15, 0.2) is 24.3 Å². The molecule has 5 nitrogen and oxygen atoms in total. The molecule has 0 aliphatic carbocycles. The second-order valence-electron chi connectivity index (χ2n) is 4.51. The first-order chi connectivity index (χ1) is 9.67. The smallest absolute Gasteiger partial charge is 0.337 e. The molecule has 0 bridgehead atoms. The Hall–Kier alpha value is -2.04. The molecule has 0 heterocycles. The largest absolute Gasteiger partial charge is 0.465 e. The summed E-state index contributed by atoms with van der Waals surface area (Å²) in [5.74, 6) is -0.379. The van der Waals surface area contributed by atoms with Crippen molar-refractivity contribution in [3.8, 4) is 0 Å². The number of carbonyl (C=O) groups excluding carboxylic acids is 2. The van der Waals surface area contributed by atoms with E-state index in [9.17, 15) is 9.59 Å². The molecule has 1 aromatic carbocycles. The van der Waals surface area contributed by atoms with Gasteiger partial charge < -0.3 is 15.4 Å². The highest BCUT2D eigenvalue weighted by molar-refractivity contribution is 5.89. The molecule has 0 unspecified atom stereocenters. The van der Waals surface area contributed by atoms with Crippen molar-refractivity contribution in [2.75, 3.05) is 13.7 Å². The molecule has 5 heteroatoms. The van der Waals surface area contributed by atoms with Crippen LogP contribution in [-0.2, 0) is 11.3 Å². The minimum atomic E-state index is -0.379. The topological polar surface area (TPSA) is 67.4 Å². The van der Waals surface area contributed by atoms with Crippen LogP contribution in [0.25, 0.3) is 0 Å². The average molecular weight is 278 g/mol. The molecule has 0 aliphatic heterocycles. The lowest BCUT2D eigenvalue weighted by atomic mass is 10.1. The molecule has 1 rings (SSSR count). The molecule has 110 valence electrons. The Labute approximate surface area is 119 Å². The quantitative estimate of drug-likeness (QED) is 0.594. The summed E-state index contributed by atoms with van der Waals surface area (Å²) in [6.07, 6.45) is 3.23. The number of methoxy groups -OCH3 is 1. The maximum atomic E-state index is 11.5. The highest BCUT2D eigenvalue weighted by Crippen LogP contribution is 2.06. The van der Waals surface area contributed by atoms with E-state index in [-0.39, 0.29) is 12.0 Å². The summed E-state index contributed by atoms with van der Waals surface area (Å²) in [7, 11) is 1.34. The number of benzene rings is 1. The molecule has 0 fully saturated rings. The van der Waals surface area contributed by atoms with Crippen molar-refractivity contribution in [1.82, 2.24) is 10.6 Å². The van der Waals surface area contributed by atoms with Crippen LogP contribution in [0, 0.1) is 0 Å². The van der Waals surface area contributed by atoms with E-state index in [0.717, 1.165) is 24.8 Å². The van der Waals surface area contributed by atoms with Gasteiger partial charge in [-0.1, -0.05) is 31.9 Å². The zero-order valence-electron chi connectivity index (χ0n) is 12.1. The van der Waals surface area contributed by atoms with Crippen LogP contribution in [0.3, 0.4) is 0 Å². The van der Waals surface area contributed by atoms with Crippen LogP contribution in [0.1, 0.15) is 42.1 Å². The number of unbranched alkanes of at least 4 members (excludes halogenated alkanes) is 2. The third-order valence-electron chi connectivity index (χ3n) is 2.87. The fourth-order valence-corrected chi connectivity index (χ4v) is 1.75. The minimum absolute atomic E-state index is 0.190. The number of carbonyl (C=O) groups is 2. The number of urea groups is 1. The standard InChI is InChI=1S/C15H22N2O3/c1-3-4-5-9-16-15(19)17-11-12-7-6-8-13(10-12)14(18)20-2/h6-8,10H,3-5,9,11H2,1-2H3,(H2,16,17,19). The molecule has 0 saturated heterocycles. The van der Waals surface area contributed by atoms with Crippen LogP contribution in [0.5, 0.6) is 0 Å². The summed E-state index contributed by atoms with van der Waals surface area (Å²) >= 11 is 0. The van der Waals surface area contributed by atoms with Crippen LogP contribution in [0.2, 0.25) is 0 Å². The molecule has 0 atom stereocenters. The monoisotopic (exact) mass is 278 g/mol. The van der Waals surface area contributed by atoms with E-state index in [1.54, 1.807) is 18.2 Å². The first kappa shape index (κ1) is 16.0. The first-order valence-corrected chi connectivity index (χ1v) is 6.86. The van der Waals surface area contributed by atoms with Crippen molar-refractivity contribution >= 4 is 12.0 Å². The van der Waals surface area contributed by atoms with E-state index in [1.807, 2.05) is 6.07 Å². The number of nitrogens with one attached hydrogen (secondary N) is 2. The van der Waals surface area contributed by atoms with Gasteiger partial charge in [0.15, 0.2) is 0 Å². The second kappa shape index (κ2) is 8.96. The maximum Gasteiger partial charge on any atom is 0.337 e. The van der Waals surface area contributed by atoms with Gasteiger partial charge in [0.2, 0.25) is 0 Å². The Morgan fingerprint density at radius 2 is 2.00 bits per heavy atom. The Kier molecular flexibility index (Phi) is 7.17. The zero-order valence-corrected chi connectivity index (χ0v) is 12.1. The lowest BCUT2D eigenvalue weighted by Gasteiger charge is -2.08. The van der Waals surface area contributed by atoms with E-state index in [1.165, 1.54) is 7.11 Å². The molecule has 0 aromatic heterocycles. The first-order valence-electron chi connectivity index (χ1n) is 6.86. The molecule has 2 N–H and O–H groups in total. The van der Waals surface area contributed by atoms with Crippen LogP contribution >= 0.6 is 0 Å². The summed E-state index contributed by atoms with van der Waals surface area (Å²) in [6, 6.07) is 6.82. The predicted octanol–water partition coefficient (Wildman–Crippen LogP) is 2.46. The summed E-state index contributed by atoms with van der Waals surface area (Å²) in [5, 5.41) is 5.55. The van der Waals surface area contributed by atoms with Crippen molar-refractivity contribution in [3.05, 3.63) is 35.4 Å². The van der Waals surface area contributed by atoms with E-state index < -0.39 is 0 Å². The number of amides is 2. The Bertz CT molecular complexity index is 446. The van der Waals surface area contributed by atoms with E-state index in [2.05, 4.69) is 22.3 Å². The van der Waals surface area contributed by atoms with Crippen molar-refractivity contribution in [2.24, 2.45) is 0 Å². The van der Waals surface area contributed by atoms with Crippen LogP contribution in [0.4, 0.5) is 4.79 Å². The highest BCUT2D eigenvalue weighted by Gasteiger charge is 2.06. The molecular weight excluding hydrogens is 256 g/mol. The fraction of sp³-hybridized carbons (Fsp3) is 0.467. The van der Waals surface area contributed by atoms with Gasteiger partial charge in [-0.15, -0.1) is 0 Å². The third-order valence-corrected chi connectivity index (χ3v) is 2.87. The molecule has 0 radical (unpaired) electrons. The molecule has 20 heavy (non-hydrogen) atoms. The van der Waals surface area contributed by atoms with Crippen molar-refractivity contribution in [2.45, 2.75) is 32.7 Å². The molecule has 0 spiro atoms. The summed E-state index contributed by atoms with van der Waals surface area (Å²) in [4.78, 5) is 22.9. The molecule has 0 saturated carbocycles. The Balaban J connectivity index is 2.37. The SMILES string of the molecule is CCCCCNC(=O)NCc1cccc(C(=O)OC)c1. The Morgan fingerprint density at radius 3 is 2.70 bits per heavy atom. The highest BCUT2D eigenvalue weighted by atomic mass is 16.5. The molecule has 0 aliphatic rings. The second-order valence-corrected chi connectivity index (χ2v) is 4.51. The number of esters is 1. The molecule has 2 amide bonds. The van der Waals surface area contributed by atoms with Crippen molar-refractivity contribution in [3.63, 3.8) is 0 Å². The number of ether oxygens (including phenoxy) is 1. The average Bonchev–Trinajstić information content (AvgIpc) is 2.49. The number of hydrogen-bond acceptors (Lipinski definition) is 3. The Morgan fingerprint density at radius 1 is 1.20 bits per heavy atom. The summed E-state index contributed by atoms with van der Waals surface area (Å²) in [5.41, 5.74) is 1.34. The van der Waals surface area contributed by atoms with Gasteiger partial charge in [0.05, 0.1) is 12.7 Å². The zero-order chi connectivity index (χ0) is 14.8. The number of rotatable bonds is 7. The van der Waals surface area contributed by atoms with Crippen LogP contribution in [-0.4, -0.2) is 25.7 Å². The van der Waals surface area contributed by atoms with Gasteiger partial charge in [-0.3, -0.25) is 0 Å². The van der Waals surface area contributed by atoms with E-state index in [4.69, 9.17) is 0 Å².